The molecule has 1 aliphatic heterocycles. The van der Waals surface area contributed by atoms with Crippen LogP contribution in [0.1, 0.15) is 18.9 Å². The Morgan fingerprint density at radius 3 is 2.54 bits per heavy atom. The van der Waals surface area contributed by atoms with Crippen molar-refractivity contribution in [2.45, 2.75) is 29.9 Å². The minimum absolute atomic E-state index is 0.0618. The van der Waals surface area contributed by atoms with E-state index < -0.39 is 26.8 Å². The molecule has 2 aromatic rings. The molecular weight excluding hydrogens is 359 g/mol. The van der Waals surface area contributed by atoms with Crippen LogP contribution in [0.4, 0.5) is 15.8 Å². The molecule has 136 valence electrons. The Balaban J connectivity index is 1.77. The van der Waals surface area contributed by atoms with Gasteiger partial charge in [-0.2, -0.15) is 0 Å². The third kappa shape index (κ3) is 3.60. The summed E-state index contributed by atoms with van der Waals surface area (Å²) in [7, 11) is -3.94. The number of rotatable bonds is 4. The van der Waals surface area contributed by atoms with Crippen molar-refractivity contribution in [3.8, 4) is 0 Å². The third-order valence-corrected chi connectivity index (χ3v) is 6.32. The number of halogens is 1. The van der Waals surface area contributed by atoms with E-state index in [4.69, 9.17) is 0 Å². The Kier molecular flexibility index (Phi) is 4.78. The Labute approximate surface area is 150 Å². The number of anilines is 2. The number of amides is 2. The first-order chi connectivity index (χ1) is 12.3. The summed E-state index contributed by atoms with van der Waals surface area (Å²) in [5, 5.41) is 3.98. The molecule has 2 amide bonds. The van der Waals surface area contributed by atoms with Crippen molar-refractivity contribution in [2.75, 3.05) is 10.6 Å². The van der Waals surface area contributed by atoms with Crippen LogP contribution in [0.5, 0.6) is 0 Å². The highest BCUT2D eigenvalue weighted by Gasteiger charge is 2.30. The van der Waals surface area contributed by atoms with Gasteiger partial charge in [-0.05, 0) is 61.4 Å². The number of fused-ring (bicyclic) bond motifs is 1. The maximum Gasteiger partial charge on any atom is 0.242 e. The summed E-state index contributed by atoms with van der Waals surface area (Å²) < 4.78 is 38.0. The topological polar surface area (TPSA) is 92.3 Å². The van der Waals surface area contributed by atoms with E-state index in [1.807, 2.05) is 0 Å². The summed E-state index contributed by atoms with van der Waals surface area (Å²) >= 11 is 0. The lowest BCUT2D eigenvalue weighted by Gasteiger charge is -2.18. The molecule has 0 fully saturated rings. The van der Waals surface area contributed by atoms with Gasteiger partial charge in [0.1, 0.15) is 11.1 Å². The standard InChI is InChI=1S/C18H17FN2O4S/c1-11(26(24,25)15-6-3-13(19)4-7-15)18(23)20-14-5-8-16-12(10-14)2-9-17(22)21-16/h3-8,10-11H,2,9H2,1H3,(H,20,23)(H,21,22). The Hall–Kier alpha value is -2.74. The molecule has 0 aliphatic carbocycles. The lowest BCUT2D eigenvalue weighted by Crippen LogP contribution is -2.32. The van der Waals surface area contributed by atoms with Gasteiger partial charge in [-0.25, -0.2) is 12.8 Å². The van der Waals surface area contributed by atoms with Gasteiger partial charge in [0.25, 0.3) is 0 Å². The molecule has 6 nitrogen and oxygen atoms in total. The van der Waals surface area contributed by atoms with Gasteiger partial charge in [0.05, 0.1) is 4.90 Å². The van der Waals surface area contributed by atoms with Crippen molar-refractivity contribution in [3.63, 3.8) is 0 Å². The number of nitrogens with one attached hydrogen (secondary N) is 2. The van der Waals surface area contributed by atoms with Crippen LogP contribution in [0.15, 0.2) is 47.4 Å². The van der Waals surface area contributed by atoms with Crippen LogP contribution < -0.4 is 10.6 Å². The quantitative estimate of drug-likeness (QED) is 0.802. The highest BCUT2D eigenvalue weighted by Crippen LogP contribution is 2.26. The fraction of sp³-hybridized carbons (Fsp3) is 0.222. The van der Waals surface area contributed by atoms with Crippen molar-refractivity contribution in [1.29, 1.82) is 0 Å². The molecule has 0 radical (unpaired) electrons. The van der Waals surface area contributed by atoms with Crippen molar-refractivity contribution in [1.82, 2.24) is 0 Å². The molecule has 0 saturated heterocycles. The first kappa shape index (κ1) is 18.1. The number of benzene rings is 2. The molecule has 8 heteroatoms. The van der Waals surface area contributed by atoms with Crippen molar-refractivity contribution >= 4 is 33.0 Å². The molecule has 1 aliphatic rings. The monoisotopic (exact) mass is 376 g/mol. The van der Waals surface area contributed by atoms with Crippen LogP contribution in [-0.2, 0) is 25.8 Å². The van der Waals surface area contributed by atoms with E-state index in [2.05, 4.69) is 10.6 Å². The van der Waals surface area contributed by atoms with E-state index in [-0.39, 0.29) is 10.8 Å². The average Bonchev–Trinajstić information content (AvgIpc) is 2.61. The summed E-state index contributed by atoms with van der Waals surface area (Å²) in [6, 6.07) is 9.32. The predicted octanol–water partition coefficient (Wildman–Crippen LogP) is 2.51. The molecule has 0 saturated carbocycles. The number of hydrogen-bond donors (Lipinski definition) is 2. The van der Waals surface area contributed by atoms with Gasteiger partial charge in [0.2, 0.25) is 11.8 Å². The summed E-state index contributed by atoms with van der Waals surface area (Å²) in [4.78, 5) is 23.6. The highest BCUT2D eigenvalue weighted by atomic mass is 32.2. The van der Waals surface area contributed by atoms with E-state index in [9.17, 15) is 22.4 Å². The zero-order valence-electron chi connectivity index (χ0n) is 14.0. The van der Waals surface area contributed by atoms with Crippen LogP contribution in [0, 0.1) is 5.82 Å². The number of carbonyl (C=O) groups is 2. The highest BCUT2D eigenvalue weighted by molar-refractivity contribution is 7.92. The van der Waals surface area contributed by atoms with E-state index in [1.165, 1.54) is 6.92 Å². The number of aryl methyl sites for hydroxylation is 1. The molecule has 26 heavy (non-hydrogen) atoms. The smallest absolute Gasteiger partial charge is 0.242 e. The zero-order chi connectivity index (χ0) is 18.9. The first-order valence-electron chi connectivity index (χ1n) is 8.00. The summed E-state index contributed by atoms with van der Waals surface area (Å²) in [6.07, 6.45) is 0.911. The molecule has 0 spiro atoms. The predicted molar refractivity (Wildman–Crippen MR) is 95.1 cm³/mol. The molecule has 3 rings (SSSR count). The Morgan fingerprint density at radius 2 is 1.85 bits per heavy atom. The normalized spacial score (nSPS) is 14.9. The molecular formula is C18H17FN2O4S. The summed E-state index contributed by atoms with van der Waals surface area (Å²) in [5.74, 6) is -1.30. The fourth-order valence-electron chi connectivity index (χ4n) is 2.67. The Morgan fingerprint density at radius 1 is 1.15 bits per heavy atom. The number of carbonyl (C=O) groups excluding carboxylic acids is 2. The number of sulfone groups is 1. The second kappa shape index (κ2) is 6.87. The van der Waals surface area contributed by atoms with Gasteiger partial charge >= 0.3 is 0 Å². The SMILES string of the molecule is CC(C(=O)Nc1ccc2c(c1)CCC(=O)N2)S(=O)(=O)c1ccc(F)cc1. The lowest BCUT2D eigenvalue weighted by atomic mass is 10.0. The largest absolute Gasteiger partial charge is 0.326 e. The summed E-state index contributed by atoms with van der Waals surface area (Å²) in [6.45, 7) is 1.28. The zero-order valence-corrected chi connectivity index (χ0v) is 14.8. The molecule has 2 N–H and O–H groups in total. The molecule has 0 aromatic heterocycles. The molecule has 1 atom stereocenters. The average molecular weight is 376 g/mol. The first-order valence-corrected chi connectivity index (χ1v) is 9.55. The minimum atomic E-state index is -3.94. The van der Waals surface area contributed by atoms with E-state index in [1.54, 1.807) is 18.2 Å². The van der Waals surface area contributed by atoms with Crippen LogP contribution in [-0.4, -0.2) is 25.5 Å². The third-order valence-electron chi connectivity index (χ3n) is 4.25. The van der Waals surface area contributed by atoms with Crippen LogP contribution in [0.3, 0.4) is 0 Å². The van der Waals surface area contributed by atoms with Gasteiger partial charge in [-0.1, -0.05) is 0 Å². The minimum Gasteiger partial charge on any atom is -0.326 e. The van der Waals surface area contributed by atoms with Crippen molar-refractivity contribution < 1.29 is 22.4 Å². The van der Waals surface area contributed by atoms with Crippen molar-refractivity contribution in [3.05, 3.63) is 53.8 Å². The van der Waals surface area contributed by atoms with E-state index in [0.717, 1.165) is 29.8 Å². The molecule has 2 aromatic carbocycles. The maximum absolute atomic E-state index is 13.0. The second-order valence-corrected chi connectivity index (χ2v) is 8.32. The van der Waals surface area contributed by atoms with Gasteiger partial charge < -0.3 is 10.6 Å². The van der Waals surface area contributed by atoms with E-state index in [0.29, 0.717) is 24.2 Å². The van der Waals surface area contributed by atoms with Gasteiger partial charge in [0, 0.05) is 17.8 Å². The summed E-state index contributed by atoms with van der Waals surface area (Å²) in [5.41, 5.74) is 2.01. The fourth-order valence-corrected chi connectivity index (χ4v) is 3.94. The van der Waals surface area contributed by atoms with Crippen LogP contribution >= 0.6 is 0 Å². The molecule has 0 bridgehead atoms. The maximum atomic E-state index is 13.0. The van der Waals surface area contributed by atoms with Gasteiger partial charge in [-0.15, -0.1) is 0 Å². The second-order valence-electron chi connectivity index (χ2n) is 6.05. The molecule has 1 unspecified atom stereocenters. The van der Waals surface area contributed by atoms with Crippen molar-refractivity contribution in [2.24, 2.45) is 0 Å². The van der Waals surface area contributed by atoms with E-state index >= 15 is 0 Å². The van der Waals surface area contributed by atoms with Gasteiger partial charge in [-0.3, -0.25) is 9.59 Å². The lowest BCUT2D eigenvalue weighted by molar-refractivity contribution is -0.117. The van der Waals surface area contributed by atoms with Gasteiger partial charge in [0.15, 0.2) is 9.84 Å². The molecule has 1 heterocycles. The number of hydrogen-bond acceptors (Lipinski definition) is 4. The van der Waals surface area contributed by atoms with Crippen LogP contribution in [0.2, 0.25) is 0 Å². The Bertz CT molecular complexity index is 971. The van der Waals surface area contributed by atoms with Crippen LogP contribution in [0.25, 0.3) is 0 Å².